The van der Waals surface area contributed by atoms with Crippen LogP contribution in [0.15, 0.2) is 77.4 Å². The van der Waals surface area contributed by atoms with Gasteiger partial charge in [0, 0.05) is 5.56 Å². The third-order valence-corrected chi connectivity index (χ3v) is 3.30. The first-order valence-corrected chi connectivity index (χ1v) is 7.15. The minimum absolute atomic E-state index is 0.286. The molecular formula is C19H15NO3. The second-order valence-corrected chi connectivity index (χ2v) is 4.86. The van der Waals surface area contributed by atoms with E-state index in [1.807, 2.05) is 60.7 Å². The van der Waals surface area contributed by atoms with Crippen molar-refractivity contribution in [3.05, 3.63) is 83.6 Å². The van der Waals surface area contributed by atoms with Crippen molar-refractivity contribution in [2.45, 2.75) is 0 Å². The average Bonchev–Trinajstić information content (AvgIpc) is 2.97. The van der Waals surface area contributed by atoms with Crippen LogP contribution in [0.25, 0.3) is 6.08 Å². The van der Waals surface area contributed by atoms with E-state index in [9.17, 15) is 4.79 Å². The second kappa shape index (κ2) is 6.75. The summed E-state index contributed by atoms with van der Waals surface area (Å²) in [7, 11) is 1.63. The highest BCUT2D eigenvalue weighted by molar-refractivity contribution is 6.11. The number of hydrogen-bond acceptors (Lipinski definition) is 4. The summed E-state index contributed by atoms with van der Waals surface area (Å²) in [4.78, 5) is 16.1. The lowest BCUT2D eigenvalue weighted by Crippen LogP contribution is -2.04. The lowest BCUT2D eigenvalue weighted by molar-refractivity contribution is -0.130. The molecule has 1 aliphatic rings. The van der Waals surface area contributed by atoms with Crippen molar-refractivity contribution in [1.82, 2.24) is 0 Å². The third-order valence-electron chi connectivity index (χ3n) is 3.30. The smallest absolute Gasteiger partial charge is 0.363 e. The molecule has 0 N–H and O–H groups in total. The van der Waals surface area contributed by atoms with E-state index in [2.05, 4.69) is 4.99 Å². The molecule has 0 unspecified atom stereocenters. The lowest BCUT2D eigenvalue weighted by atomic mass is 10.2. The molecule has 3 rings (SSSR count). The van der Waals surface area contributed by atoms with Gasteiger partial charge >= 0.3 is 5.97 Å². The van der Waals surface area contributed by atoms with Crippen LogP contribution in [-0.4, -0.2) is 19.0 Å². The molecule has 2 aromatic rings. The molecule has 114 valence electrons. The standard InChI is InChI=1S/C19H15NO3/c1-22-16-12-10-14(11-13-16)6-5-9-17-19(21)23-18(20-17)15-7-3-2-4-8-15/h2-13H,1H3/b6-5+,17-9+. The van der Waals surface area contributed by atoms with Gasteiger partial charge in [-0.2, -0.15) is 0 Å². The lowest BCUT2D eigenvalue weighted by Gasteiger charge is -1.98. The number of methoxy groups -OCH3 is 1. The van der Waals surface area contributed by atoms with Gasteiger partial charge in [0.05, 0.1) is 7.11 Å². The molecule has 23 heavy (non-hydrogen) atoms. The van der Waals surface area contributed by atoms with Gasteiger partial charge in [-0.05, 0) is 35.9 Å². The topological polar surface area (TPSA) is 47.9 Å². The molecule has 0 spiro atoms. The largest absolute Gasteiger partial charge is 0.497 e. The van der Waals surface area contributed by atoms with Crippen LogP contribution in [0, 0.1) is 0 Å². The third kappa shape index (κ3) is 3.55. The van der Waals surface area contributed by atoms with Gasteiger partial charge in [-0.3, -0.25) is 0 Å². The van der Waals surface area contributed by atoms with Crippen molar-refractivity contribution < 1.29 is 14.3 Å². The molecule has 0 fully saturated rings. The van der Waals surface area contributed by atoms with E-state index < -0.39 is 5.97 Å². The maximum atomic E-state index is 11.8. The summed E-state index contributed by atoms with van der Waals surface area (Å²) in [5.41, 5.74) is 2.07. The SMILES string of the molecule is COc1ccc(/C=C/C=C2/N=C(c3ccccc3)OC2=O)cc1. The van der Waals surface area contributed by atoms with E-state index in [0.29, 0.717) is 5.90 Å². The number of hydrogen-bond donors (Lipinski definition) is 0. The first-order valence-electron chi connectivity index (χ1n) is 7.15. The predicted octanol–water partition coefficient (Wildman–Crippen LogP) is 3.60. The molecular weight excluding hydrogens is 290 g/mol. The molecule has 2 aromatic carbocycles. The van der Waals surface area contributed by atoms with Gasteiger partial charge in [-0.25, -0.2) is 9.79 Å². The molecule has 0 saturated heterocycles. The highest BCUT2D eigenvalue weighted by Crippen LogP contribution is 2.17. The number of benzene rings is 2. The fourth-order valence-corrected chi connectivity index (χ4v) is 2.09. The Morgan fingerprint density at radius 2 is 1.78 bits per heavy atom. The van der Waals surface area contributed by atoms with Gasteiger partial charge in [0.1, 0.15) is 5.75 Å². The summed E-state index contributed by atoms with van der Waals surface area (Å²) in [6, 6.07) is 17.0. The molecule has 0 amide bonds. The fourth-order valence-electron chi connectivity index (χ4n) is 2.09. The Balaban J connectivity index is 1.75. The highest BCUT2D eigenvalue weighted by atomic mass is 16.6. The summed E-state index contributed by atoms with van der Waals surface area (Å²) in [5, 5.41) is 0. The van der Waals surface area contributed by atoms with E-state index in [1.54, 1.807) is 19.3 Å². The zero-order valence-electron chi connectivity index (χ0n) is 12.6. The fraction of sp³-hybridized carbons (Fsp3) is 0.0526. The summed E-state index contributed by atoms with van der Waals surface area (Å²) in [5.74, 6) is 0.694. The first-order chi connectivity index (χ1) is 11.3. The molecule has 0 bridgehead atoms. The molecule has 1 aliphatic heterocycles. The summed E-state index contributed by atoms with van der Waals surface area (Å²) in [6.45, 7) is 0. The Bertz CT molecular complexity index is 787. The number of ether oxygens (including phenoxy) is 2. The molecule has 1 heterocycles. The Morgan fingerprint density at radius 1 is 1.04 bits per heavy atom. The number of esters is 1. The minimum Gasteiger partial charge on any atom is -0.497 e. The zero-order valence-corrected chi connectivity index (χ0v) is 12.6. The number of carbonyl (C=O) groups excluding carboxylic acids is 1. The molecule has 0 aliphatic carbocycles. The molecule has 0 saturated carbocycles. The van der Waals surface area contributed by atoms with Gasteiger partial charge in [-0.15, -0.1) is 0 Å². The normalized spacial score (nSPS) is 15.8. The van der Waals surface area contributed by atoms with E-state index in [1.165, 1.54) is 0 Å². The van der Waals surface area contributed by atoms with Crippen molar-refractivity contribution in [1.29, 1.82) is 0 Å². The summed E-state index contributed by atoms with van der Waals surface area (Å²) in [6.07, 6.45) is 5.30. The number of carbonyl (C=O) groups is 1. The van der Waals surface area contributed by atoms with Crippen LogP contribution >= 0.6 is 0 Å². The Morgan fingerprint density at radius 3 is 2.48 bits per heavy atom. The van der Waals surface area contributed by atoms with Gasteiger partial charge in [0.15, 0.2) is 5.70 Å². The number of allylic oxidation sites excluding steroid dienone is 2. The predicted molar refractivity (Wildman–Crippen MR) is 89.2 cm³/mol. The van der Waals surface area contributed by atoms with Crippen LogP contribution in [0.1, 0.15) is 11.1 Å². The number of cyclic esters (lactones) is 1. The van der Waals surface area contributed by atoms with E-state index >= 15 is 0 Å². The molecule has 0 radical (unpaired) electrons. The van der Waals surface area contributed by atoms with Crippen LogP contribution in [0.2, 0.25) is 0 Å². The number of nitrogens with zero attached hydrogens (tertiary/aromatic N) is 1. The number of aliphatic imine (C=N–C) groups is 1. The Hall–Kier alpha value is -3.14. The van der Waals surface area contributed by atoms with E-state index in [-0.39, 0.29) is 5.70 Å². The molecule has 4 heteroatoms. The average molecular weight is 305 g/mol. The summed E-state index contributed by atoms with van der Waals surface area (Å²) >= 11 is 0. The van der Waals surface area contributed by atoms with E-state index in [4.69, 9.17) is 9.47 Å². The Kier molecular flexibility index (Phi) is 4.34. The number of rotatable bonds is 4. The van der Waals surface area contributed by atoms with Crippen LogP contribution in [-0.2, 0) is 9.53 Å². The van der Waals surface area contributed by atoms with Crippen molar-refractivity contribution in [3.63, 3.8) is 0 Å². The van der Waals surface area contributed by atoms with Gasteiger partial charge < -0.3 is 9.47 Å². The van der Waals surface area contributed by atoms with Crippen LogP contribution in [0.4, 0.5) is 0 Å². The minimum atomic E-state index is -0.441. The maximum Gasteiger partial charge on any atom is 0.363 e. The monoisotopic (exact) mass is 305 g/mol. The van der Waals surface area contributed by atoms with Crippen LogP contribution < -0.4 is 4.74 Å². The van der Waals surface area contributed by atoms with Crippen molar-refractivity contribution in [2.24, 2.45) is 4.99 Å². The van der Waals surface area contributed by atoms with Crippen LogP contribution in [0.3, 0.4) is 0 Å². The zero-order chi connectivity index (χ0) is 16.1. The molecule has 4 nitrogen and oxygen atoms in total. The van der Waals surface area contributed by atoms with Crippen LogP contribution in [0.5, 0.6) is 5.75 Å². The van der Waals surface area contributed by atoms with Gasteiger partial charge in [-0.1, -0.05) is 42.5 Å². The Labute approximate surface area is 134 Å². The second-order valence-electron chi connectivity index (χ2n) is 4.86. The molecule has 0 atom stereocenters. The van der Waals surface area contributed by atoms with Crippen molar-refractivity contribution in [2.75, 3.05) is 7.11 Å². The first kappa shape index (κ1) is 14.8. The van der Waals surface area contributed by atoms with Gasteiger partial charge in [0.25, 0.3) is 0 Å². The van der Waals surface area contributed by atoms with Gasteiger partial charge in [0.2, 0.25) is 5.90 Å². The maximum absolute atomic E-state index is 11.8. The molecule has 0 aromatic heterocycles. The van der Waals surface area contributed by atoms with E-state index in [0.717, 1.165) is 16.9 Å². The van der Waals surface area contributed by atoms with Crippen molar-refractivity contribution >= 4 is 17.9 Å². The van der Waals surface area contributed by atoms with Crippen molar-refractivity contribution in [3.8, 4) is 5.75 Å². The summed E-state index contributed by atoms with van der Waals surface area (Å²) < 4.78 is 10.3. The quantitative estimate of drug-likeness (QED) is 0.640. The highest BCUT2D eigenvalue weighted by Gasteiger charge is 2.23.